The third-order valence-corrected chi connectivity index (χ3v) is 5.59. The summed E-state index contributed by atoms with van der Waals surface area (Å²) < 4.78 is 24.2. The molecule has 2 aliphatic heterocycles. The molecule has 0 bridgehead atoms. The van der Waals surface area contributed by atoms with E-state index in [0.29, 0.717) is 6.61 Å². The molecule has 2 heterocycles. The molecule has 2 fully saturated rings. The van der Waals surface area contributed by atoms with Crippen LogP contribution in [0.4, 0.5) is 0 Å². The maximum atomic E-state index is 6.26. The zero-order valence-electron chi connectivity index (χ0n) is 16.2. The predicted molar refractivity (Wildman–Crippen MR) is 109 cm³/mol. The average Bonchev–Trinajstić information content (AvgIpc) is 2.74. The molecule has 5 heteroatoms. The third-order valence-electron chi connectivity index (χ3n) is 5.34. The summed E-state index contributed by atoms with van der Waals surface area (Å²) in [7, 11) is 0. The van der Waals surface area contributed by atoms with Gasteiger partial charge in [0, 0.05) is 10.6 Å². The van der Waals surface area contributed by atoms with E-state index in [1.54, 1.807) is 0 Å². The molecule has 0 aliphatic carbocycles. The molecule has 2 aromatic rings. The fourth-order valence-corrected chi connectivity index (χ4v) is 3.83. The zero-order chi connectivity index (χ0) is 19.3. The van der Waals surface area contributed by atoms with Crippen LogP contribution in [0.1, 0.15) is 56.1 Å². The Kier molecular flexibility index (Phi) is 6.53. The summed E-state index contributed by atoms with van der Waals surface area (Å²) >= 11 is 5.99. The Labute approximate surface area is 171 Å². The van der Waals surface area contributed by atoms with Crippen molar-refractivity contribution in [3.63, 3.8) is 0 Å². The number of ether oxygens (including phenoxy) is 4. The monoisotopic (exact) mass is 402 g/mol. The van der Waals surface area contributed by atoms with Gasteiger partial charge >= 0.3 is 0 Å². The van der Waals surface area contributed by atoms with Gasteiger partial charge < -0.3 is 18.9 Å². The fourth-order valence-electron chi connectivity index (χ4n) is 3.70. The number of hydrogen-bond donors (Lipinski definition) is 0. The van der Waals surface area contributed by atoms with Gasteiger partial charge in [0.1, 0.15) is 11.9 Å². The highest BCUT2D eigenvalue weighted by atomic mass is 35.5. The first-order chi connectivity index (χ1) is 13.7. The largest absolute Gasteiger partial charge is 0.494 e. The topological polar surface area (TPSA) is 36.9 Å². The van der Waals surface area contributed by atoms with Crippen LogP contribution in [-0.4, -0.2) is 25.4 Å². The van der Waals surface area contributed by atoms with Crippen molar-refractivity contribution in [2.45, 2.75) is 57.2 Å². The van der Waals surface area contributed by atoms with E-state index in [1.165, 1.54) is 0 Å². The SMILES string of the molecule is CCCCOc1ccc([C@@H]2OC[C@H]3O[C@@H](c4ccc(Cl)cc4)CC[C@@H]3O2)cc1. The van der Waals surface area contributed by atoms with Gasteiger partial charge in [0.25, 0.3) is 0 Å². The fraction of sp³-hybridized carbons (Fsp3) is 0.478. The molecule has 0 unspecified atom stereocenters. The summed E-state index contributed by atoms with van der Waals surface area (Å²) in [6.45, 7) is 3.44. The minimum atomic E-state index is -0.346. The second kappa shape index (κ2) is 9.27. The van der Waals surface area contributed by atoms with E-state index in [9.17, 15) is 0 Å². The maximum Gasteiger partial charge on any atom is 0.184 e. The number of unbranched alkanes of at least 4 members (excludes halogenated alkanes) is 1. The minimum Gasteiger partial charge on any atom is -0.494 e. The Morgan fingerprint density at radius 3 is 2.43 bits per heavy atom. The van der Waals surface area contributed by atoms with Gasteiger partial charge in [0.05, 0.1) is 25.4 Å². The lowest BCUT2D eigenvalue weighted by Gasteiger charge is -2.42. The molecule has 0 saturated carbocycles. The summed E-state index contributed by atoms with van der Waals surface area (Å²) in [6, 6.07) is 15.9. The average molecular weight is 403 g/mol. The van der Waals surface area contributed by atoms with Gasteiger partial charge in [-0.05, 0) is 49.1 Å². The molecular weight excluding hydrogens is 376 g/mol. The number of benzene rings is 2. The van der Waals surface area contributed by atoms with Crippen LogP contribution in [0.3, 0.4) is 0 Å². The zero-order valence-corrected chi connectivity index (χ0v) is 16.9. The standard InChI is InChI=1S/C23H27ClO4/c1-2-3-14-25-19-10-6-17(7-11-19)23-26-15-22-21(28-23)13-12-20(27-22)16-4-8-18(24)9-5-16/h4-11,20-23H,2-3,12-15H2,1H3/t20-,21+,22-,23-/m1/s1. The summed E-state index contributed by atoms with van der Waals surface area (Å²) in [5.41, 5.74) is 2.17. The number of fused-ring (bicyclic) bond motifs is 1. The van der Waals surface area contributed by atoms with E-state index in [4.69, 9.17) is 30.5 Å². The summed E-state index contributed by atoms with van der Waals surface area (Å²) in [5, 5.41) is 0.742. The van der Waals surface area contributed by atoms with Crippen LogP contribution in [0.2, 0.25) is 5.02 Å². The van der Waals surface area contributed by atoms with Crippen LogP contribution in [-0.2, 0) is 14.2 Å². The summed E-state index contributed by atoms with van der Waals surface area (Å²) in [4.78, 5) is 0. The molecule has 0 N–H and O–H groups in total. The molecule has 2 aliphatic rings. The first kappa shape index (κ1) is 19.7. The van der Waals surface area contributed by atoms with E-state index < -0.39 is 0 Å². The van der Waals surface area contributed by atoms with E-state index in [1.807, 2.05) is 48.5 Å². The van der Waals surface area contributed by atoms with Crippen molar-refractivity contribution in [1.29, 1.82) is 0 Å². The molecule has 4 atom stereocenters. The highest BCUT2D eigenvalue weighted by Gasteiger charge is 2.38. The third kappa shape index (κ3) is 4.69. The Morgan fingerprint density at radius 2 is 1.68 bits per heavy atom. The molecule has 2 saturated heterocycles. The van der Waals surface area contributed by atoms with Gasteiger partial charge in [-0.1, -0.05) is 49.2 Å². The Morgan fingerprint density at radius 1 is 0.929 bits per heavy atom. The molecule has 0 spiro atoms. The van der Waals surface area contributed by atoms with Crippen LogP contribution in [0, 0.1) is 0 Å². The van der Waals surface area contributed by atoms with Gasteiger partial charge in [0.2, 0.25) is 0 Å². The van der Waals surface area contributed by atoms with Crippen molar-refractivity contribution in [1.82, 2.24) is 0 Å². The van der Waals surface area contributed by atoms with E-state index >= 15 is 0 Å². The van der Waals surface area contributed by atoms with Crippen LogP contribution in [0.15, 0.2) is 48.5 Å². The second-order valence-corrected chi connectivity index (χ2v) is 7.84. The molecule has 0 aromatic heterocycles. The van der Waals surface area contributed by atoms with Crippen molar-refractivity contribution in [2.75, 3.05) is 13.2 Å². The lowest BCUT2D eigenvalue weighted by Crippen LogP contribution is -2.45. The van der Waals surface area contributed by atoms with Gasteiger partial charge in [0.15, 0.2) is 6.29 Å². The number of rotatable bonds is 6. The van der Waals surface area contributed by atoms with Gasteiger partial charge in [-0.15, -0.1) is 0 Å². The highest BCUT2D eigenvalue weighted by molar-refractivity contribution is 6.30. The quantitative estimate of drug-likeness (QED) is 0.567. The molecule has 150 valence electrons. The lowest BCUT2D eigenvalue weighted by atomic mass is 9.96. The Bertz CT molecular complexity index is 746. The molecule has 28 heavy (non-hydrogen) atoms. The number of hydrogen-bond acceptors (Lipinski definition) is 4. The second-order valence-electron chi connectivity index (χ2n) is 7.40. The van der Waals surface area contributed by atoms with E-state index in [0.717, 1.165) is 54.2 Å². The smallest absolute Gasteiger partial charge is 0.184 e. The van der Waals surface area contributed by atoms with Crippen LogP contribution >= 0.6 is 11.6 Å². The highest BCUT2D eigenvalue weighted by Crippen LogP contribution is 2.38. The van der Waals surface area contributed by atoms with Gasteiger partial charge in [-0.25, -0.2) is 0 Å². The van der Waals surface area contributed by atoms with E-state index in [2.05, 4.69) is 6.92 Å². The van der Waals surface area contributed by atoms with Gasteiger partial charge in [-0.3, -0.25) is 0 Å². The number of halogens is 1. The summed E-state index contributed by atoms with van der Waals surface area (Å²) in [5.74, 6) is 0.887. The molecular formula is C23H27ClO4. The van der Waals surface area contributed by atoms with Crippen molar-refractivity contribution < 1.29 is 18.9 Å². The summed E-state index contributed by atoms with van der Waals surface area (Å²) in [6.07, 6.45) is 3.83. The Balaban J connectivity index is 1.33. The first-order valence-corrected chi connectivity index (χ1v) is 10.5. The molecule has 4 rings (SSSR count). The molecule has 4 nitrogen and oxygen atoms in total. The molecule has 2 aromatic carbocycles. The molecule has 0 amide bonds. The van der Waals surface area contributed by atoms with Crippen LogP contribution < -0.4 is 4.74 Å². The van der Waals surface area contributed by atoms with Crippen molar-refractivity contribution in [3.8, 4) is 5.75 Å². The lowest BCUT2D eigenvalue weighted by molar-refractivity contribution is -0.289. The minimum absolute atomic E-state index is 0.0395. The predicted octanol–water partition coefficient (Wildman–Crippen LogP) is 5.85. The van der Waals surface area contributed by atoms with Crippen molar-refractivity contribution in [2.24, 2.45) is 0 Å². The van der Waals surface area contributed by atoms with Crippen LogP contribution in [0.25, 0.3) is 0 Å². The van der Waals surface area contributed by atoms with Crippen LogP contribution in [0.5, 0.6) is 5.75 Å². The maximum absolute atomic E-state index is 6.26. The molecule has 0 radical (unpaired) electrons. The van der Waals surface area contributed by atoms with Gasteiger partial charge in [-0.2, -0.15) is 0 Å². The first-order valence-electron chi connectivity index (χ1n) is 10.1. The van der Waals surface area contributed by atoms with E-state index in [-0.39, 0.29) is 24.6 Å². The van der Waals surface area contributed by atoms with Crippen molar-refractivity contribution in [3.05, 3.63) is 64.7 Å². The normalized spacial score (nSPS) is 27.2. The Hall–Kier alpha value is -1.59. The van der Waals surface area contributed by atoms with Crippen molar-refractivity contribution >= 4 is 11.6 Å².